The number of aromatic hydroxyl groups is 1. The molecule has 0 amide bonds. The van der Waals surface area contributed by atoms with Gasteiger partial charge in [0.25, 0.3) is 0 Å². The van der Waals surface area contributed by atoms with Gasteiger partial charge in [0.2, 0.25) is 0 Å². The molecule has 0 fully saturated rings. The third-order valence-corrected chi connectivity index (χ3v) is 15.5. The summed E-state index contributed by atoms with van der Waals surface area (Å²) < 4.78 is 40.0. The van der Waals surface area contributed by atoms with E-state index in [4.69, 9.17) is 9.97 Å². The fourth-order valence-corrected chi connectivity index (χ4v) is 10.5. The molecule has 0 unspecified atom stereocenters. The highest BCUT2D eigenvalue weighted by Crippen LogP contribution is 2.62. The van der Waals surface area contributed by atoms with E-state index in [9.17, 15) is 10.6 Å². The summed E-state index contributed by atoms with van der Waals surface area (Å²) in [4.78, 5) is 10.9. The molecule has 0 radical (unpaired) electrons. The highest BCUT2D eigenvalue weighted by Gasteiger charge is 2.55. The summed E-state index contributed by atoms with van der Waals surface area (Å²) in [6.45, 7) is 33.1. The van der Waals surface area contributed by atoms with E-state index in [0.717, 1.165) is 61.4 Å². The molecule has 0 aliphatic heterocycles. The second-order valence-electron chi connectivity index (χ2n) is 23.5. The fraction of sp³-hybridized carbons (Fsp3) is 0.333. The van der Waals surface area contributed by atoms with Crippen LogP contribution >= 0.6 is 0 Å². The molecule has 4 heteroatoms. The van der Waals surface area contributed by atoms with Crippen molar-refractivity contribution in [3.8, 4) is 67.5 Å². The van der Waals surface area contributed by atoms with Crippen molar-refractivity contribution < 1.29 is 10.6 Å². The van der Waals surface area contributed by atoms with Crippen LogP contribution in [0.2, 0.25) is 0 Å². The van der Waals surface area contributed by atoms with Gasteiger partial charge in [-0.2, -0.15) is 0 Å². The predicted molar refractivity (Wildman–Crippen MR) is 284 cm³/mol. The monoisotopic (exact) mass is 888 g/mol. The average Bonchev–Trinajstić information content (AvgIpc) is 3.67. The number of nitrogens with zero attached hydrogens (tertiary/aromatic N) is 3. The molecule has 2 aromatic heterocycles. The van der Waals surface area contributed by atoms with E-state index in [-0.39, 0.29) is 46.3 Å². The topological polar surface area (TPSA) is 50.9 Å². The summed E-state index contributed by atoms with van der Waals surface area (Å²) in [5.41, 5.74) is 12.2. The molecule has 0 saturated heterocycles. The molecule has 342 valence electrons. The lowest BCUT2D eigenvalue weighted by molar-refractivity contribution is 0.0954. The molecular weight excluding hydrogens is 815 g/mol. The molecule has 0 spiro atoms. The van der Waals surface area contributed by atoms with E-state index in [1.54, 1.807) is 12.3 Å². The van der Waals surface area contributed by atoms with Crippen molar-refractivity contribution in [1.29, 1.82) is 0 Å². The molecule has 0 bridgehead atoms. The molecule has 1 aliphatic rings. The first-order valence-electron chi connectivity index (χ1n) is 25.8. The van der Waals surface area contributed by atoms with Crippen molar-refractivity contribution in [2.45, 2.75) is 131 Å². The first kappa shape index (κ1) is 41.0. The number of hydrogen-bond acceptors (Lipinski definition) is 3. The van der Waals surface area contributed by atoms with Gasteiger partial charge in [-0.05, 0) is 131 Å². The van der Waals surface area contributed by atoms with E-state index in [1.807, 2.05) is 51.1 Å². The van der Waals surface area contributed by atoms with Crippen LogP contribution in [0.4, 0.5) is 0 Å². The smallest absolute Gasteiger partial charge is 0.149 e. The summed E-state index contributed by atoms with van der Waals surface area (Å²) in [6.07, 6.45) is 1.77. The highest BCUT2D eigenvalue weighted by molar-refractivity contribution is 5.99. The standard InChI is InChI=1S/C63H69N3O/c1-58(2,3)42-30-28-40(29-31-42)44-34-35-64-56-48-37-41(36-47(39-22-17-16-18-23-39)53(48)61(10,11)63(14,15)62(12,13)54(44)56)45-25-21-26-51-55(45)65-57(46-24-19-20-27-52(46)67)66(51)50-33-32-43(59(4,5)6)38-49(50)60(7,8)9/h16-38,67H,1-15H3/i28D,29D,30D,31D. The van der Waals surface area contributed by atoms with Crippen LogP contribution in [0, 0.1) is 5.41 Å². The number of benzene rings is 6. The summed E-state index contributed by atoms with van der Waals surface area (Å²) in [5.74, 6) is 0.780. The fourth-order valence-electron chi connectivity index (χ4n) is 10.5. The Morgan fingerprint density at radius 2 is 1.13 bits per heavy atom. The molecule has 1 N–H and O–H groups in total. The van der Waals surface area contributed by atoms with Crippen LogP contribution in [-0.2, 0) is 27.1 Å². The molecule has 1 aliphatic carbocycles. The van der Waals surface area contributed by atoms with Crippen LogP contribution in [0.25, 0.3) is 72.7 Å². The van der Waals surface area contributed by atoms with E-state index >= 15 is 0 Å². The summed E-state index contributed by atoms with van der Waals surface area (Å²) in [6, 6.07) is 37.5. The Morgan fingerprint density at radius 3 is 1.78 bits per heavy atom. The number of para-hydroxylation sites is 2. The third-order valence-electron chi connectivity index (χ3n) is 15.5. The van der Waals surface area contributed by atoms with Crippen molar-refractivity contribution in [2.75, 3.05) is 0 Å². The van der Waals surface area contributed by atoms with E-state index in [2.05, 4.69) is 160 Å². The molecule has 0 atom stereocenters. The minimum Gasteiger partial charge on any atom is -0.507 e. The Labute approximate surface area is 405 Å². The van der Waals surface area contributed by atoms with Gasteiger partial charge in [-0.15, -0.1) is 0 Å². The van der Waals surface area contributed by atoms with Crippen molar-refractivity contribution in [3.63, 3.8) is 0 Å². The van der Waals surface area contributed by atoms with Crippen molar-refractivity contribution in [1.82, 2.24) is 14.5 Å². The molecule has 8 aromatic rings. The Hall–Kier alpha value is -6.26. The zero-order chi connectivity index (χ0) is 51.7. The third kappa shape index (κ3) is 7.43. The van der Waals surface area contributed by atoms with E-state index in [1.165, 1.54) is 11.1 Å². The SMILES string of the molecule is [2H]c1c([2H])c(C(C)(C)C)c([2H])c([2H])c1-c1ccnc2c1C(C)(C)C(C)(C)C(C)(C)c1c(-c3ccccc3)cc(-c3cccc4c3nc(-c3ccccc3O)n4-c3ccc(C(C)(C)C)cc3C(C)(C)C)cc1-2. The summed E-state index contributed by atoms with van der Waals surface area (Å²) in [5, 5.41) is 11.6. The Kier molecular flexibility index (Phi) is 9.57. The van der Waals surface area contributed by atoms with Gasteiger partial charge in [0.05, 0.1) is 33.5 Å². The zero-order valence-corrected chi connectivity index (χ0v) is 42.3. The second-order valence-corrected chi connectivity index (χ2v) is 23.5. The minimum atomic E-state index is -0.632. The van der Waals surface area contributed by atoms with Crippen molar-refractivity contribution in [3.05, 3.63) is 167 Å². The van der Waals surface area contributed by atoms with Gasteiger partial charge in [-0.25, -0.2) is 4.98 Å². The van der Waals surface area contributed by atoms with Crippen molar-refractivity contribution in [2.24, 2.45) is 5.41 Å². The minimum absolute atomic E-state index is 0.0189. The van der Waals surface area contributed by atoms with Gasteiger partial charge in [0, 0.05) is 17.3 Å². The van der Waals surface area contributed by atoms with Crippen LogP contribution in [0.3, 0.4) is 0 Å². The van der Waals surface area contributed by atoms with Crippen molar-refractivity contribution >= 4 is 11.0 Å². The maximum absolute atomic E-state index is 11.6. The van der Waals surface area contributed by atoms with Gasteiger partial charge in [0.1, 0.15) is 11.6 Å². The van der Waals surface area contributed by atoms with Gasteiger partial charge in [0.15, 0.2) is 0 Å². The van der Waals surface area contributed by atoms with Crippen LogP contribution < -0.4 is 0 Å². The van der Waals surface area contributed by atoms with Crippen LogP contribution in [-0.4, -0.2) is 19.6 Å². The normalized spacial score (nSPS) is 16.3. The molecular formula is C63H69N3O. The maximum atomic E-state index is 11.6. The molecule has 2 heterocycles. The number of rotatable bonds is 5. The summed E-state index contributed by atoms with van der Waals surface area (Å²) >= 11 is 0. The van der Waals surface area contributed by atoms with Gasteiger partial charge < -0.3 is 5.11 Å². The highest BCUT2D eigenvalue weighted by atomic mass is 16.3. The first-order chi connectivity index (χ1) is 33.0. The molecule has 4 nitrogen and oxygen atoms in total. The van der Waals surface area contributed by atoms with Gasteiger partial charge >= 0.3 is 0 Å². The van der Waals surface area contributed by atoms with E-state index < -0.39 is 21.7 Å². The average molecular weight is 888 g/mol. The van der Waals surface area contributed by atoms with Crippen LogP contribution in [0.5, 0.6) is 5.75 Å². The van der Waals surface area contributed by atoms with E-state index in [0.29, 0.717) is 22.5 Å². The quantitative estimate of drug-likeness (QED) is 0.187. The number of phenolic OH excluding ortho intramolecular Hbond substituents is 1. The van der Waals surface area contributed by atoms with Gasteiger partial charge in [-0.3, -0.25) is 9.55 Å². The Balaban J connectivity index is 1.43. The molecule has 67 heavy (non-hydrogen) atoms. The number of fused-ring (bicyclic) bond motifs is 4. The Morgan fingerprint density at radius 1 is 0.522 bits per heavy atom. The number of imidazole rings is 1. The molecule has 0 saturated carbocycles. The van der Waals surface area contributed by atoms with Gasteiger partial charge in [-0.1, -0.05) is 195 Å². The largest absolute Gasteiger partial charge is 0.507 e. The lowest BCUT2D eigenvalue weighted by Crippen LogP contribution is -2.49. The predicted octanol–water partition coefficient (Wildman–Crippen LogP) is 16.9. The number of pyridine rings is 1. The lowest BCUT2D eigenvalue weighted by Gasteiger charge is -2.52. The second kappa shape index (κ2) is 15.7. The van der Waals surface area contributed by atoms with Crippen LogP contribution in [0.15, 0.2) is 140 Å². The number of hydrogen-bond donors (Lipinski definition) is 1. The van der Waals surface area contributed by atoms with Crippen LogP contribution in [0.1, 0.15) is 137 Å². The zero-order valence-electron chi connectivity index (χ0n) is 46.3. The number of aromatic nitrogens is 3. The summed E-state index contributed by atoms with van der Waals surface area (Å²) in [7, 11) is 0. The Bertz CT molecular complexity index is 3420. The lowest BCUT2D eigenvalue weighted by atomic mass is 9.51. The first-order valence-corrected chi connectivity index (χ1v) is 23.8. The maximum Gasteiger partial charge on any atom is 0.149 e. The molecule has 6 aromatic carbocycles. The molecule has 9 rings (SSSR count). The number of phenols is 1.